The van der Waals surface area contributed by atoms with Gasteiger partial charge in [-0.1, -0.05) is 0 Å². The number of methoxy groups -OCH3 is 1. The number of fused-ring (bicyclic) bond motifs is 1. The smallest absolute Gasteiger partial charge is 0.157 e. The van der Waals surface area contributed by atoms with E-state index in [1.807, 2.05) is 28.8 Å². The van der Waals surface area contributed by atoms with Gasteiger partial charge in [0.2, 0.25) is 0 Å². The molecule has 0 unspecified atom stereocenters. The molecule has 4 heterocycles. The predicted molar refractivity (Wildman–Crippen MR) is 95.4 cm³/mol. The van der Waals surface area contributed by atoms with Crippen LogP contribution in [0.25, 0.3) is 16.9 Å². The van der Waals surface area contributed by atoms with Gasteiger partial charge in [-0.05, 0) is 12.1 Å². The Morgan fingerprint density at radius 3 is 2.88 bits per heavy atom. The second-order valence-corrected chi connectivity index (χ2v) is 5.65. The summed E-state index contributed by atoms with van der Waals surface area (Å²) < 4.78 is 8.85. The average molecular weight is 350 g/mol. The topological polar surface area (TPSA) is 95.0 Å². The highest BCUT2D eigenvalue weighted by molar-refractivity contribution is 5.65. The van der Waals surface area contributed by atoms with Gasteiger partial charge in [0.15, 0.2) is 11.5 Å². The third-order valence-corrected chi connectivity index (χ3v) is 4.00. The monoisotopic (exact) mass is 350 g/mol. The van der Waals surface area contributed by atoms with E-state index in [0.717, 1.165) is 28.5 Å². The van der Waals surface area contributed by atoms with Crippen LogP contribution < -0.4 is 5.32 Å². The summed E-state index contributed by atoms with van der Waals surface area (Å²) >= 11 is 0. The first-order chi connectivity index (χ1) is 12.8. The van der Waals surface area contributed by atoms with E-state index in [2.05, 4.69) is 30.6 Å². The van der Waals surface area contributed by atoms with Crippen LogP contribution in [0.4, 0.5) is 5.82 Å². The van der Waals surface area contributed by atoms with Crippen LogP contribution >= 0.6 is 0 Å². The molecule has 26 heavy (non-hydrogen) atoms. The number of anilines is 1. The summed E-state index contributed by atoms with van der Waals surface area (Å²) in [5.74, 6) is 1.65. The van der Waals surface area contributed by atoms with Gasteiger partial charge in [0.25, 0.3) is 0 Å². The summed E-state index contributed by atoms with van der Waals surface area (Å²) in [5, 5.41) is 15.9. The predicted octanol–water partition coefficient (Wildman–Crippen LogP) is 1.64. The fraction of sp³-hybridized carbons (Fsp3) is 0.235. The maximum atomic E-state index is 5.12. The van der Waals surface area contributed by atoms with Gasteiger partial charge in [-0.15, -0.1) is 10.2 Å². The summed E-state index contributed by atoms with van der Waals surface area (Å²) in [5.41, 5.74) is 2.61. The second-order valence-electron chi connectivity index (χ2n) is 5.65. The Labute approximate surface area is 149 Å². The molecule has 0 fully saturated rings. The van der Waals surface area contributed by atoms with Gasteiger partial charge >= 0.3 is 0 Å². The van der Waals surface area contributed by atoms with E-state index in [1.54, 1.807) is 36.5 Å². The zero-order valence-corrected chi connectivity index (χ0v) is 14.3. The third-order valence-electron chi connectivity index (χ3n) is 4.00. The standard InChI is InChI=1S/C17H18N8O/c1-26-9-8-24-12-20-23-17(24)11-19-16-10-14(13-2-5-18-6-3-13)22-15-4-7-21-25(15)16/h2-7,10,12,19H,8-9,11H2,1H3. The van der Waals surface area contributed by atoms with Crippen molar-refractivity contribution in [3.63, 3.8) is 0 Å². The van der Waals surface area contributed by atoms with E-state index >= 15 is 0 Å². The van der Waals surface area contributed by atoms with Crippen LogP contribution in [0.15, 0.2) is 49.2 Å². The quantitative estimate of drug-likeness (QED) is 0.541. The lowest BCUT2D eigenvalue weighted by atomic mass is 10.2. The number of aromatic nitrogens is 7. The van der Waals surface area contributed by atoms with Crippen molar-refractivity contribution in [1.82, 2.24) is 34.3 Å². The van der Waals surface area contributed by atoms with E-state index in [0.29, 0.717) is 19.7 Å². The highest BCUT2D eigenvalue weighted by Gasteiger charge is 2.10. The fourth-order valence-electron chi connectivity index (χ4n) is 2.67. The van der Waals surface area contributed by atoms with E-state index in [-0.39, 0.29) is 0 Å². The first-order valence-corrected chi connectivity index (χ1v) is 8.20. The number of nitrogens with one attached hydrogen (secondary N) is 1. The van der Waals surface area contributed by atoms with Crippen molar-refractivity contribution in [1.29, 1.82) is 0 Å². The molecule has 4 rings (SSSR count). The van der Waals surface area contributed by atoms with Crippen LogP contribution in [-0.4, -0.2) is 48.1 Å². The molecule has 0 spiro atoms. The molecule has 0 aromatic carbocycles. The van der Waals surface area contributed by atoms with Crippen LogP contribution in [0, 0.1) is 0 Å². The van der Waals surface area contributed by atoms with Crippen molar-refractivity contribution in [3.8, 4) is 11.3 Å². The Hall–Kier alpha value is -3.33. The fourth-order valence-corrected chi connectivity index (χ4v) is 2.67. The van der Waals surface area contributed by atoms with Gasteiger partial charge in [0, 0.05) is 43.7 Å². The molecular weight excluding hydrogens is 332 g/mol. The van der Waals surface area contributed by atoms with Crippen molar-refractivity contribution >= 4 is 11.5 Å². The molecule has 0 saturated carbocycles. The Morgan fingerprint density at radius 1 is 1.15 bits per heavy atom. The molecule has 1 N–H and O–H groups in total. The molecule has 9 heteroatoms. The zero-order chi connectivity index (χ0) is 17.8. The number of pyridine rings is 1. The molecule has 0 amide bonds. The van der Waals surface area contributed by atoms with E-state index in [9.17, 15) is 0 Å². The van der Waals surface area contributed by atoms with Crippen molar-refractivity contribution in [2.75, 3.05) is 19.0 Å². The van der Waals surface area contributed by atoms with Crippen molar-refractivity contribution in [2.24, 2.45) is 0 Å². The second kappa shape index (κ2) is 7.28. The summed E-state index contributed by atoms with van der Waals surface area (Å²) in [6, 6.07) is 7.70. The highest BCUT2D eigenvalue weighted by Crippen LogP contribution is 2.21. The third kappa shape index (κ3) is 3.24. The maximum Gasteiger partial charge on any atom is 0.157 e. The molecule has 132 valence electrons. The molecule has 4 aromatic rings. The summed E-state index contributed by atoms with van der Waals surface area (Å²) in [6.07, 6.45) is 6.94. The van der Waals surface area contributed by atoms with Gasteiger partial charge in [-0.3, -0.25) is 4.98 Å². The Balaban J connectivity index is 1.62. The normalized spacial score (nSPS) is 11.1. The lowest BCUT2D eigenvalue weighted by Crippen LogP contribution is -2.13. The maximum absolute atomic E-state index is 5.12. The number of nitrogens with zero attached hydrogens (tertiary/aromatic N) is 7. The van der Waals surface area contributed by atoms with E-state index < -0.39 is 0 Å². The first-order valence-electron chi connectivity index (χ1n) is 8.20. The summed E-state index contributed by atoms with van der Waals surface area (Å²) in [4.78, 5) is 8.71. The van der Waals surface area contributed by atoms with Gasteiger partial charge in [0.1, 0.15) is 12.1 Å². The number of hydrogen-bond donors (Lipinski definition) is 1. The average Bonchev–Trinajstić information content (AvgIpc) is 3.34. The molecule has 0 aliphatic heterocycles. The Bertz CT molecular complexity index is 994. The molecule has 0 saturated heterocycles. The SMILES string of the molecule is COCCn1cnnc1CNc1cc(-c2ccncc2)nc2ccnn12. The highest BCUT2D eigenvalue weighted by atomic mass is 16.5. The number of hydrogen-bond acceptors (Lipinski definition) is 7. The van der Waals surface area contributed by atoms with Gasteiger partial charge < -0.3 is 14.6 Å². The molecule has 9 nitrogen and oxygen atoms in total. The van der Waals surface area contributed by atoms with Crippen molar-refractivity contribution in [2.45, 2.75) is 13.1 Å². The van der Waals surface area contributed by atoms with Gasteiger partial charge in [0.05, 0.1) is 25.0 Å². The van der Waals surface area contributed by atoms with Crippen LogP contribution in [-0.2, 0) is 17.8 Å². The molecular formula is C17H18N8O. The molecule has 0 atom stereocenters. The van der Waals surface area contributed by atoms with E-state index in [1.165, 1.54) is 0 Å². The first kappa shape index (κ1) is 16.2. The van der Waals surface area contributed by atoms with E-state index in [4.69, 9.17) is 4.74 Å². The van der Waals surface area contributed by atoms with Gasteiger partial charge in [-0.25, -0.2) is 4.98 Å². The number of rotatable bonds is 7. The zero-order valence-electron chi connectivity index (χ0n) is 14.3. The van der Waals surface area contributed by atoms with Crippen LogP contribution in [0.1, 0.15) is 5.82 Å². The largest absolute Gasteiger partial charge is 0.383 e. The molecule has 0 bridgehead atoms. The van der Waals surface area contributed by atoms with Crippen molar-refractivity contribution < 1.29 is 4.74 Å². The minimum Gasteiger partial charge on any atom is -0.383 e. The summed E-state index contributed by atoms with van der Waals surface area (Å²) in [6.45, 7) is 1.82. The van der Waals surface area contributed by atoms with Gasteiger partial charge in [-0.2, -0.15) is 9.61 Å². The van der Waals surface area contributed by atoms with Crippen LogP contribution in [0.2, 0.25) is 0 Å². The lowest BCUT2D eigenvalue weighted by Gasteiger charge is -2.11. The Morgan fingerprint density at radius 2 is 2.04 bits per heavy atom. The van der Waals surface area contributed by atoms with Crippen molar-refractivity contribution in [3.05, 3.63) is 55.0 Å². The molecule has 0 aliphatic rings. The minimum absolute atomic E-state index is 0.512. The lowest BCUT2D eigenvalue weighted by molar-refractivity contribution is 0.186. The van der Waals surface area contributed by atoms with Crippen LogP contribution in [0.5, 0.6) is 0 Å². The molecule has 0 aliphatic carbocycles. The molecule has 0 radical (unpaired) electrons. The van der Waals surface area contributed by atoms with Crippen LogP contribution in [0.3, 0.4) is 0 Å². The minimum atomic E-state index is 0.512. The molecule has 4 aromatic heterocycles. The Kier molecular flexibility index (Phi) is 4.52. The summed E-state index contributed by atoms with van der Waals surface area (Å²) in [7, 11) is 1.67. The number of ether oxygens (including phenoxy) is 1.